The van der Waals surface area contributed by atoms with Gasteiger partial charge in [-0.2, -0.15) is 0 Å². The van der Waals surface area contributed by atoms with Crippen molar-refractivity contribution in [2.24, 2.45) is 0 Å². The number of hydrogen-bond donors (Lipinski definition) is 1. The van der Waals surface area contributed by atoms with Gasteiger partial charge in [-0.25, -0.2) is 17.6 Å². The summed E-state index contributed by atoms with van der Waals surface area (Å²) in [6.45, 7) is 2.85. The molecule has 1 N–H and O–H groups in total. The summed E-state index contributed by atoms with van der Waals surface area (Å²) in [5.41, 5.74) is -1.06. The number of aromatic nitrogens is 3. The van der Waals surface area contributed by atoms with Crippen molar-refractivity contribution < 1.29 is 48.5 Å². The Morgan fingerprint density at radius 2 is 1.70 bits per heavy atom. The van der Waals surface area contributed by atoms with E-state index in [4.69, 9.17) is 5.11 Å². The van der Waals surface area contributed by atoms with Crippen molar-refractivity contribution in [3.8, 4) is 11.5 Å². The number of aliphatic hydroxyl groups is 1. The molecule has 0 amide bonds. The monoisotopic (exact) mass is 561 g/mol. The van der Waals surface area contributed by atoms with E-state index in [1.54, 1.807) is 12.1 Å². The van der Waals surface area contributed by atoms with Gasteiger partial charge in [0.15, 0.2) is 29.1 Å². The molecule has 0 atom stereocenters. The Bertz CT molecular complexity index is 942. The molecule has 0 radical (unpaired) electrons. The molecule has 0 spiro atoms. The minimum atomic E-state index is -1.91. The largest absolute Gasteiger partial charge is 0.512 e. The second-order valence-corrected chi connectivity index (χ2v) is 5.11. The Balaban J connectivity index is 0.000000395. The Kier molecular flexibility index (Phi) is 7.84. The second-order valence-electron chi connectivity index (χ2n) is 5.11. The fourth-order valence-electron chi connectivity index (χ4n) is 1.95. The van der Waals surface area contributed by atoms with Crippen LogP contribution in [0.15, 0.2) is 36.2 Å². The topological polar surface area (TPSA) is 77.2 Å². The van der Waals surface area contributed by atoms with E-state index >= 15 is 0 Å². The van der Waals surface area contributed by atoms with Gasteiger partial charge in [-0.1, -0.05) is 6.07 Å². The molecule has 1 aromatic carbocycles. The van der Waals surface area contributed by atoms with E-state index in [9.17, 15) is 22.4 Å². The zero-order valence-electron chi connectivity index (χ0n) is 13.9. The van der Waals surface area contributed by atoms with Gasteiger partial charge in [-0.3, -0.25) is 9.78 Å². The average molecular weight is 561 g/mol. The molecule has 0 aliphatic heterocycles. The first-order valence-electron chi connectivity index (χ1n) is 7.18. The molecule has 0 aliphatic carbocycles. The number of imidazole rings is 1. The Hall–Kier alpha value is -2.54. The minimum absolute atomic E-state index is 0. The first kappa shape index (κ1) is 22.5. The van der Waals surface area contributed by atoms with Crippen molar-refractivity contribution in [2.75, 3.05) is 0 Å². The van der Waals surface area contributed by atoms with E-state index in [1.165, 1.54) is 32.2 Å². The summed E-state index contributed by atoms with van der Waals surface area (Å²) in [6, 6.07) is 4.76. The molecular formula is C17H12F4N3O2Pt-. The van der Waals surface area contributed by atoms with Crippen molar-refractivity contribution in [1.82, 2.24) is 15.0 Å². The molecule has 146 valence electrons. The number of carbonyl (C=O) groups excluding carboxylic acids is 1. The van der Waals surface area contributed by atoms with Crippen LogP contribution in [0.3, 0.4) is 0 Å². The molecule has 0 unspecified atom stereocenters. The Labute approximate surface area is 165 Å². The Morgan fingerprint density at radius 1 is 1.07 bits per heavy atom. The number of halogens is 4. The van der Waals surface area contributed by atoms with E-state index in [1.807, 2.05) is 0 Å². The second kappa shape index (κ2) is 9.41. The third kappa shape index (κ3) is 5.23. The first-order valence-corrected chi connectivity index (χ1v) is 7.18. The molecule has 0 saturated heterocycles. The molecular weight excluding hydrogens is 549 g/mol. The van der Waals surface area contributed by atoms with Crippen molar-refractivity contribution in [3.63, 3.8) is 0 Å². The number of hydrogen-bond acceptors (Lipinski definition) is 4. The fraction of sp³-hybridized carbons (Fsp3) is 0.118. The van der Waals surface area contributed by atoms with Crippen LogP contribution in [0, 0.1) is 23.3 Å². The molecule has 2 aromatic heterocycles. The maximum atomic E-state index is 13.5. The van der Waals surface area contributed by atoms with Crippen molar-refractivity contribution in [2.45, 2.75) is 13.8 Å². The van der Waals surface area contributed by atoms with Crippen LogP contribution in [0.5, 0.6) is 0 Å². The van der Waals surface area contributed by atoms with Crippen LogP contribution in [0.4, 0.5) is 17.6 Å². The zero-order chi connectivity index (χ0) is 19.4. The standard InChI is InChI=1S/C12H4F4N3.C5H8O2.Pt/c13-6-7(14)9(16)11-10(8(6)15)18-12(19-11)5-3-1-2-4-17-5;1-4(6)3-5(2)7;/h1-4H;3,6H,1-2H3;/q-1;;/b;4-3-;. The summed E-state index contributed by atoms with van der Waals surface area (Å²) in [6.07, 6.45) is 2.60. The molecule has 0 bridgehead atoms. The van der Waals surface area contributed by atoms with Gasteiger partial charge in [0.25, 0.3) is 0 Å². The number of pyridine rings is 1. The van der Waals surface area contributed by atoms with Gasteiger partial charge in [0, 0.05) is 44.4 Å². The third-order valence-electron chi connectivity index (χ3n) is 2.96. The molecule has 27 heavy (non-hydrogen) atoms. The van der Waals surface area contributed by atoms with Gasteiger partial charge < -0.3 is 15.1 Å². The first-order chi connectivity index (χ1) is 12.2. The molecule has 3 aromatic rings. The van der Waals surface area contributed by atoms with Crippen LogP contribution < -0.4 is 4.98 Å². The SMILES string of the molecule is CC(=O)/C=C(/C)O.Fc1c(F)c(F)c2[n-]c(-c3ccccn3)nc2c1F.[Pt]. The quantitative estimate of drug-likeness (QED) is 0.169. The van der Waals surface area contributed by atoms with Gasteiger partial charge >= 0.3 is 0 Å². The van der Waals surface area contributed by atoms with Crippen molar-refractivity contribution in [3.05, 3.63) is 59.5 Å². The van der Waals surface area contributed by atoms with Gasteiger partial charge in [-0.05, 0) is 31.8 Å². The van der Waals surface area contributed by atoms with Crippen LogP contribution in [0.2, 0.25) is 0 Å². The van der Waals surface area contributed by atoms with E-state index in [0.29, 0.717) is 0 Å². The van der Waals surface area contributed by atoms with Crippen LogP contribution in [-0.4, -0.2) is 20.9 Å². The smallest absolute Gasteiger partial charge is 0.197 e. The van der Waals surface area contributed by atoms with E-state index in [2.05, 4.69) is 15.0 Å². The Morgan fingerprint density at radius 3 is 2.19 bits per heavy atom. The summed E-state index contributed by atoms with van der Waals surface area (Å²) < 4.78 is 53.0. The zero-order valence-corrected chi connectivity index (χ0v) is 16.2. The van der Waals surface area contributed by atoms with Gasteiger partial charge in [-0.15, -0.1) is 0 Å². The van der Waals surface area contributed by atoms with Gasteiger partial charge in [0.2, 0.25) is 0 Å². The normalized spacial score (nSPS) is 10.8. The molecule has 0 aliphatic rings. The van der Waals surface area contributed by atoms with E-state index in [-0.39, 0.29) is 44.1 Å². The fourth-order valence-corrected chi connectivity index (χ4v) is 1.95. The molecule has 5 nitrogen and oxygen atoms in total. The maximum absolute atomic E-state index is 13.5. The number of carbonyl (C=O) groups is 1. The molecule has 0 saturated carbocycles. The number of ketones is 1. The van der Waals surface area contributed by atoms with Crippen LogP contribution in [0.1, 0.15) is 13.8 Å². The van der Waals surface area contributed by atoms with Gasteiger partial charge in [0.1, 0.15) is 0 Å². The number of fused-ring (bicyclic) bond motifs is 1. The predicted molar refractivity (Wildman–Crippen MR) is 85.2 cm³/mol. The maximum Gasteiger partial charge on any atom is 0.197 e. The van der Waals surface area contributed by atoms with Crippen LogP contribution >= 0.6 is 0 Å². The minimum Gasteiger partial charge on any atom is -0.512 e. The van der Waals surface area contributed by atoms with Crippen molar-refractivity contribution in [1.29, 1.82) is 0 Å². The summed E-state index contributed by atoms with van der Waals surface area (Å²) in [5, 5.41) is 8.36. The number of rotatable bonds is 2. The molecule has 2 heterocycles. The van der Waals surface area contributed by atoms with E-state index < -0.39 is 34.3 Å². The summed E-state index contributed by atoms with van der Waals surface area (Å²) >= 11 is 0. The number of allylic oxidation sites excluding steroid dienone is 2. The van der Waals surface area contributed by atoms with Crippen LogP contribution in [-0.2, 0) is 25.9 Å². The number of aliphatic hydroxyl groups excluding tert-OH is 1. The molecule has 0 fully saturated rings. The predicted octanol–water partition coefficient (Wildman–Crippen LogP) is 3.85. The van der Waals surface area contributed by atoms with Crippen molar-refractivity contribution >= 4 is 16.8 Å². The summed E-state index contributed by atoms with van der Waals surface area (Å²) in [7, 11) is 0. The van der Waals surface area contributed by atoms with E-state index in [0.717, 1.165) is 0 Å². The summed E-state index contributed by atoms with van der Waals surface area (Å²) in [5.74, 6) is -7.10. The number of nitrogens with zero attached hydrogens (tertiary/aromatic N) is 3. The van der Waals surface area contributed by atoms with Gasteiger partial charge in [0.05, 0.1) is 11.5 Å². The third-order valence-corrected chi connectivity index (χ3v) is 2.96. The molecule has 3 rings (SSSR count). The molecule has 10 heteroatoms. The summed E-state index contributed by atoms with van der Waals surface area (Å²) in [4.78, 5) is 21.2. The average Bonchev–Trinajstić information content (AvgIpc) is 3.04. The number of benzene rings is 1. The van der Waals surface area contributed by atoms with Crippen LogP contribution in [0.25, 0.3) is 22.6 Å².